The molecule has 2 heterocycles. The lowest BCUT2D eigenvalue weighted by molar-refractivity contribution is -0.140. The van der Waals surface area contributed by atoms with E-state index in [1.54, 1.807) is 11.8 Å². The number of carbonyl (C=O) groups is 2. The number of hydrogen-bond donors (Lipinski definition) is 0. The van der Waals surface area contributed by atoms with Crippen LogP contribution < -0.4 is 0 Å². The minimum atomic E-state index is -0.352. The Morgan fingerprint density at radius 3 is 2.90 bits per heavy atom. The van der Waals surface area contributed by atoms with Crippen molar-refractivity contribution in [3.05, 3.63) is 17.5 Å². The predicted octanol–water partition coefficient (Wildman–Crippen LogP) is 1.17. The Kier molecular flexibility index (Phi) is 5.32. The van der Waals surface area contributed by atoms with Crippen molar-refractivity contribution in [2.45, 2.75) is 32.3 Å². The zero-order valence-electron chi connectivity index (χ0n) is 12.3. The molecule has 1 aromatic heterocycles. The summed E-state index contributed by atoms with van der Waals surface area (Å²) in [6.45, 7) is 3.18. The molecule has 1 aliphatic heterocycles. The summed E-state index contributed by atoms with van der Waals surface area (Å²) in [7, 11) is 1.33. The summed E-state index contributed by atoms with van der Waals surface area (Å²) in [6.07, 6.45) is 3.55. The average molecular weight is 296 g/mol. The number of methoxy groups -OCH3 is 1. The minimum Gasteiger partial charge on any atom is -0.469 e. The molecule has 0 bridgehead atoms. The Labute approximate surface area is 123 Å². The minimum absolute atomic E-state index is 0.00910. The highest BCUT2D eigenvalue weighted by Crippen LogP contribution is 2.16. The topological polar surface area (TPSA) is 81.9 Å². The molecule has 7 nitrogen and oxygen atoms in total. The van der Waals surface area contributed by atoms with Crippen molar-refractivity contribution in [1.29, 1.82) is 0 Å². The first kappa shape index (κ1) is 15.5. The van der Waals surface area contributed by atoms with Gasteiger partial charge in [0.1, 0.15) is 0 Å². The van der Waals surface area contributed by atoms with Crippen LogP contribution in [0, 0.1) is 6.92 Å². The molecule has 21 heavy (non-hydrogen) atoms. The predicted molar refractivity (Wildman–Crippen MR) is 72.8 cm³/mol. The van der Waals surface area contributed by atoms with Gasteiger partial charge in [-0.2, -0.15) is 0 Å². The van der Waals surface area contributed by atoms with E-state index in [4.69, 9.17) is 9.26 Å². The highest BCUT2D eigenvalue weighted by atomic mass is 16.5. The molecule has 0 radical (unpaired) electrons. The molecule has 1 atom stereocenters. The van der Waals surface area contributed by atoms with E-state index in [0.29, 0.717) is 18.7 Å². The molecule has 116 valence electrons. The van der Waals surface area contributed by atoms with Gasteiger partial charge in [-0.05, 0) is 19.8 Å². The fourth-order valence-corrected chi connectivity index (χ4v) is 2.28. The van der Waals surface area contributed by atoms with E-state index in [1.165, 1.54) is 13.3 Å². The highest BCUT2D eigenvalue weighted by Gasteiger charge is 2.27. The molecule has 0 N–H and O–H groups in total. The summed E-state index contributed by atoms with van der Waals surface area (Å²) in [5.74, 6) is -0.420. The third-order valence-electron chi connectivity index (χ3n) is 3.49. The van der Waals surface area contributed by atoms with Gasteiger partial charge in [-0.3, -0.25) is 9.59 Å². The van der Waals surface area contributed by atoms with Crippen LogP contribution in [0.25, 0.3) is 0 Å². The number of carbonyl (C=O) groups excluding carboxylic acids is 2. The van der Waals surface area contributed by atoms with Gasteiger partial charge in [-0.1, -0.05) is 5.16 Å². The van der Waals surface area contributed by atoms with Gasteiger partial charge in [-0.25, -0.2) is 0 Å². The van der Waals surface area contributed by atoms with Crippen molar-refractivity contribution >= 4 is 11.9 Å². The van der Waals surface area contributed by atoms with Gasteiger partial charge in [0.25, 0.3) is 5.91 Å². The largest absolute Gasteiger partial charge is 0.469 e. The van der Waals surface area contributed by atoms with E-state index in [2.05, 4.69) is 9.89 Å². The average Bonchev–Trinajstić information content (AvgIpc) is 3.13. The Morgan fingerprint density at radius 1 is 1.52 bits per heavy atom. The SMILES string of the molecule is COC(=O)CCN(CC1CCCO1)C(=O)c1oncc1C. The quantitative estimate of drug-likeness (QED) is 0.733. The van der Waals surface area contributed by atoms with Gasteiger partial charge >= 0.3 is 5.97 Å². The first-order valence-corrected chi connectivity index (χ1v) is 7.00. The fraction of sp³-hybridized carbons (Fsp3) is 0.643. The van der Waals surface area contributed by atoms with Gasteiger partial charge in [0.15, 0.2) is 0 Å². The molecule has 0 saturated carbocycles. The molecular formula is C14H20N2O5. The molecule has 0 aromatic carbocycles. The standard InChI is InChI=1S/C14H20N2O5/c1-10-8-15-21-13(10)14(18)16(6-5-12(17)19-2)9-11-4-3-7-20-11/h8,11H,3-7,9H2,1-2H3. The number of rotatable bonds is 6. The Balaban J connectivity index is 2.04. The van der Waals surface area contributed by atoms with Gasteiger partial charge in [0.05, 0.1) is 25.8 Å². The molecule has 1 aliphatic rings. The Hall–Kier alpha value is -1.89. The zero-order chi connectivity index (χ0) is 15.2. The van der Waals surface area contributed by atoms with Crippen molar-refractivity contribution in [3.8, 4) is 0 Å². The van der Waals surface area contributed by atoms with E-state index in [1.807, 2.05) is 0 Å². The summed E-state index contributed by atoms with van der Waals surface area (Å²) in [4.78, 5) is 25.4. The second kappa shape index (κ2) is 7.21. The molecule has 7 heteroatoms. The first-order chi connectivity index (χ1) is 10.1. The van der Waals surface area contributed by atoms with Crippen LogP contribution >= 0.6 is 0 Å². The number of esters is 1. The third kappa shape index (κ3) is 4.04. The van der Waals surface area contributed by atoms with E-state index >= 15 is 0 Å². The van der Waals surface area contributed by atoms with Crippen molar-refractivity contribution in [1.82, 2.24) is 10.1 Å². The summed E-state index contributed by atoms with van der Waals surface area (Å²) < 4.78 is 15.2. The highest BCUT2D eigenvalue weighted by molar-refractivity contribution is 5.92. The fourth-order valence-electron chi connectivity index (χ4n) is 2.28. The van der Waals surface area contributed by atoms with E-state index in [-0.39, 0.29) is 36.7 Å². The molecule has 1 saturated heterocycles. The molecule has 1 aromatic rings. The van der Waals surface area contributed by atoms with Crippen LogP contribution in [-0.2, 0) is 14.3 Å². The summed E-state index contributed by atoms with van der Waals surface area (Å²) in [6, 6.07) is 0. The molecule has 1 unspecified atom stereocenters. The van der Waals surface area contributed by atoms with Crippen LogP contribution in [-0.4, -0.2) is 54.8 Å². The maximum absolute atomic E-state index is 12.5. The Bertz CT molecular complexity index is 493. The zero-order valence-corrected chi connectivity index (χ0v) is 12.3. The number of nitrogens with zero attached hydrogens (tertiary/aromatic N) is 2. The van der Waals surface area contributed by atoms with Crippen molar-refractivity contribution in [2.75, 3.05) is 26.8 Å². The molecule has 2 rings (SSSR count). The number of aromatic nitrogens is 1. The smallest absolute Gasteiger partial charge is 0.307 e. The van der Waals surface area contributed by atoms with Gasteiger partial charge < -0.3 is 18.9 Å². The molecule has 1 fully saturated rings. The molecular weight excluding hydrogens is 276 g/mol. The van der Waals surface area contributed by atoms with Crippen LogP contribution in [0.2, 0.25) is 0 Å². The van der Waals surface area contributed by atoms with Crippen molar-refractivity contribution in [3.63, 3.8) is 0 Å². The maximum Gasteiger partial charge on any atom is 0.307 e. The number of hydrogen-bond acceptors (Lipinski definition) is 6. The molecule has 0 spiro atoms. The van der Waals surface area contributed by atoms with Crippen LogP contribution in [0.4, 0.5) is 0 Å². The first-order valence-electron chi connectivity index (χ1n) is 7.00. The molecule has 0 aliphatic carbocycles. The van der Waals surface area contributed by atoms with Crippen LogP contribution in [0.15, 0.2) is 10.7 Å². The van der Waals surface area contributed by atoms with E-state index in [0.717, 1.165) is 12.8 Å². The lowest BCUT2D eigenvalue weighted by Crippen LogP contribution is -2.39. The summed E-state index contributed by atoms with van der Waals surface area (Å²) in [5.41, 5.74) is 0.676. The third-order valence-corrected chi connectivity index (χ3v) is 3.49. The normalized spacial score (nSPS) is 17.7. The van der Waals surface area contributed by atoms with Crippen LogP contribution in [0.3, 0.4) is 0 Å². The number of ether oxygens (including phenoxy) is 2. The lowest BCUT2D eigenvalue weighted by Gasteiger charge is -2.24. The maximum atomic E-state index is 12.5. The Morgan fingerprint density at radius 2 is 2.33 bits per heavy atom. The van der Waals surface area contributed by atoms with Crippen molar-refractivity contribution in [2.24, 2.45) is 0 Å². The number of aryl methyl sites for hydroxylation is 1. The van der Waals surface area contributed by atoms with Gasteiger partial charge in [0.2, 0.25) is 5.76 Å². The van der Waals surface area contributed by atoms with Crippen molar-refractivity contribution < 1.29 is 23.6 Å². The summed E-state index contributed by atoms with van der Waals surface area (Å²) in [5, 5.41) is 3.62. The molecule has 1 amide bonds. The number of amides is 1. The van der Waals surface area contributed by atoms with Crippen LogP contribution in [0.5, 0.6) is 0 Å². The van der Waals surface area contributed by atoms with Crippen LogP contribution in [0.1, 0.15) is 35.4 Å². The summed E-state index contributed by atoms with van der Waals surface area (Å²) >= 11 is 0. The lowest BCUT2D eigenvalue weighted by atomic mass is 10.2. The monoisotopic (exact) mass is 296 g/mol. The van der Waals surface area contributed by atoms with E-state index in [9.17, 15) is 9.59 Å². The van der Waals surface area contributed by atoms with Gasteiger partial charge in [-0.15, -0.1) is 0 Å². The second-order valence-electron chi connectivity index (χ2n) is 5.05. The second-order valence-corrected chi connectivity index (χ2v) is 5.05. The van der Waals surface area contributed by atoms with Gasteiger partial charge in [0, 0.05) is 25.3 Å². The van der Waals surface area contributed by atoms with E-state index < -0.39 is 0 Å².